The number of anilines is 2. The Hall–Kier alpha value is -1.70. The first-order chi connectivity index (χ1) is 10.2. The molecule has 0 amide bonds. The molecule has 0 aliphatic rings. The molecule has 0 aliphatic carbocycles. The molecule has 21 heavy (non-hydrogen) atoms. The third-order valence-electron chi connectivity index (χ3n) is 2.50. The van der Waals surface area contributed by atoms with E-state index in [-0.39, 0.29) is 0 Å². The fourth-order valence-corrected chi connectivity index (χ4v) is 3.09. The van der Waals surface area contributed by atoms with Crippen LogP contribution < -0.4 is 5.32 Å². The lowest BCUT2D eigenvalue weighted by Crippen LogP contribution is -2.02. The van der Waals surface area contributed by atoms with Gasteiger partial charge in [-0.1, -0.05) is 17.7 Å². The van der Waals surface area contributed by atoms with Gasteiger partial charge in [0.05, 0.1) is 0 Å². The predicted molar refractivity (Wildman–Crippen MR) is 85.5 cm³/mol. The zero-order chi connectivity index (χ0) is 14.7. The van der Waals surface area contributed by atoms with Gasteiger partial charge in [-0.05, 0) is 36.9 Å². The van der Waals surface area contributed by atoms with Crippen LogP contribution in [0.1, 0.15) is 5.69 Å². The molecule has 0 saturated heterocycles. The van der Waals surface area contributed by atoms with Gasteiger partial charge in [-0.15, -0.1) is 21.5 Å². The number of thiazole rings is 1. The van der Waals surface area contributed by atoms with Crippen molar-refractivity contribution in [1.82, 2.24) is 20.2 Å². The summed E-state index contributed by atoms with van der Waals surface area (Å²) in [5, 5.41) is 15.3. The van der Waals surface area contributed by atoms with Gasteiger partial charge in [0.25, 0.3) is 0 Å². The average molecular weight is 336 g/mol. The quantitative estimate of drug-likeness (QED) is 0.771. The Bertz CT molecular complexity index is 748. The maximum absolute atomic E-state index is 5.97. The molecule has 0 saturated carbocycles. The van der Waals surface area contributed by atoms with E-state index in [9.17, 15) is 0 Å². The fraction of sp³-hybridized carbons (Fsp3) is 0.0769. The summed E-state index contributed by atoms with van der Waals surface area (Å²) in [4.78, 5) is 9.61. The lowest BCUT2D eigenvalue weighted by atomic mass is 10.4. The molecule has 1 aromatic carbocycles. The Kier molecular flexibility index (Phi) is 4.33. The number of nitrogens with zero attached hydrogens (tertiary/aromatic N) is 4. The lowest BCUT2D eigenvalue weighted by Gasteiger charge is -2.06. The van der Waals surface area contributed by atoms with Gasteiger partial charge in [-0.3, -0.25) is 0 Å². The van der Waals surface area contributed by atoms with E-state index in [1.807, 2.05) is 36.6 Å². The first-order valence-electron chi connectivity index (χ1n) is 6.02. The maximum Gasteiger partial charge on any atom is 0.215 e. The van der Waals surface area contributed by atoms with Gasteiger partial charge in [0.1, 0.15) is 5.69 Å². The average Bonchev–Trinajstić information content (AvgIpc) is 2.96. The largest absolute Gasteiger partial charge is 0.315 e. The van der Waals surface area contributed by atoms with E-state index in [4.69, 9.17) is 11.6 Å². The second-order valence-electron chi connectivity index (χ2n) is 4.05. The van der Waals surface area contributed by atoms with Crippen LogP contribution in [0, 0.1) is 6.92 Å². The highest BCUT2D eigenvalue weighted by atomic mass is 35.5. The van der Waals surface area contributed by atoms with E-state index in [0.29, 0.717) is 16.0 Å². The van der Waals surface area contributed by atoms with Gasteiger partial charge >= 0.3 is 0 Å². The molecule has 0 spiro atoms. The first kappa shape index (κ1) is 14.2. The van der Waals surface area contributed by atoms with Crippen molar-refractivity contribution in [1.29, 1.82) is 0 Å². The van der Waals surface area contributed by atoms with Crippen LogP contribution in [0.2, 0.25) is 5.02 Å². The van der Waals surface area contributed by atoms with Gasteiger partial charge in [0.15, 0.2) is 10.9 Å². The number of aromatic nitrogens is 4. The molecule has 2 aromatic heterocycles. The molecule has 0 radical (unpaired) electrons. The first-order valence-corrected chi connectivity index (χ1v) is 8.09. The third kappa shape index (κ3) is 3.69. The third-order valence-corrected chi connectivity index (χ3v) is 4.27. The zero-order valence-corrected chi connectivity index (χ0v) is 13.3. The standard InChI is InChI=1S/C13H10ClN5S2/c1-8-11(16-12-15-5-6-20-12)17-13(19-18-8)21-10-4-2-3-9(14)7-10/h2-7H,1H3,(H,15,16,17,19). The van der Waals surface area contributed by atoms with Crippen LogP contribution in [0.5, 0.6) is 0 Å². The molecule has 2 heterocycles. The van der Waals surface area contributed by atoms with E-state index in [1.54, 1.807) is 6.20 Å². The summed E-state index contributed by atoms with van der Waals surface area (Å²) < 4.78 is 0. The summed E-state index contributed by atoms with van der Waals surface area (Å²) in [5.74, 6) is 0.657. The molecule has 106 valence electrons. The molecule has 0 aliphatic heterocycles. The number of hydrogen-bond donors (Lipinski definition) is 1. The summed E-state index contributed by atoms with van der Waals surface area (Å²) in [7, 11) is 0. The van der Waals surface area contributed by atoms with Crippen LogP contribution in [0.25, 0.3) is 0 Å². The normalized spacial score (nSPS) is 10.6. The molecule has 3 aromatic rings. The molecule has 8 heteroatoms. The van der Waals surface area contributed by atoms with E-state index in [1.165, 1.54) is 23.1 Å². The fourth-order valence-electron chi connectivity index (χ4n) is 1.55. The van der Waals surface area contributed by atoms with Crippen LogP contribution in [0.4, 0.5) is 10.9 Å². The highest BCUT2D eigenvalue weighted by Crippen LogP contribution is 2.28. The van der Waals surface area contributed by atoms with Crippen LogP contribution in [0.3, 0.4) is 0 Å². The van der Waals surface area contributed by atoms with Crippen molar-refractivity contribution in [3.63, 3.8) is 0 Å². The minimum Gasteiger partial charge on any atom is -0.315 e. The van der Waals surface area contributed by atoms with Gasteiger partial charge in [0.2, 0.25) is 5.16 Å². The Morgan fingerprint density at radius 1 is 1.29 bits per heavy atom. The van der Waals surface area contributed by atoms with Crippen molar-refractivity contribution >= 4 is 45.6 Å². The van der Waals surface area contributed by atoms with Crippen molar-refractivity contribution < 1.29 is 0 Å². The topological polar surface area (TPSA) is 63.6 Å². The van der Waals surface area contributed by atoms with Crippen LogP contribution in [-0.2, 0) is 0 Å². The molecular weight excluding hydrogens is 326 g/mol. The van der Waals surface area contributed by atoms with Gasteiger partial charge in [-0.25, -0.2) is 9.97 Å². The summed E-state index contributed by atoms with van der Waals surface area (Å²) in [6.07, 6.45) is 1.73. The number of rotatable bonds is 4. The zero-order valence-electron chi connectivity index (χ0n) is 10.9. The van der Waals surface area contributed by atoms with Crippen molar-refractivity contribution in [2.24, 2.45) is 0 Å². The SMILES string of the molecule is Cc1nnc(Sc2cccc(Cl)c2)nc1Nc1nccs1. The smallest absolute Gasteiger partial charge is 0.215 e. The predicted octanol–water partition coefficient (Wildman–Crippen LogP) is 4.18. The number of hydrogen-bond acceptors (Lipinski definition) is 7. The van der Waals surface area contributed by atoms with E-state index < -0.39 is 0 Å². The summed E-state index contributed by atoms with van der Waals surface area (Å²) >= 11 is 8.89. The molecule has 3 rings (SSSR count). The Morgan fingerprint density at radius 3 is 2.95 bits per heavy atom. The number of benzene rings is 1. The van der Waals surface area contributed by atoms with E-state index in [0.717, 1.165) is 15.7 Å². The van der Waals surface area contributed by atoms with Crippen LogP contribution in [-0.4, -0.2) is 20.2 Å². The highest BCUT2D eigenvalue weighted by molar-refractivity contribution is 7.99. The lowest BCUT2D eigenvalue weighted by molar-refractivity contribution is 0.819. The van der Waals surface area contributed by atoms with Gasteiger partial charge < -0.3 is 5.32 Å². The van der Waals surface area contributed by atoms with E-state index >= 15 is 0 Å². The molecule has 5 nitrogen and oxygen atoms in total. The Morgan fingerprint density at radius 2 is 2.19 bits per heavy atom. The molecule has 0 bridgehead atoms. The van der Waals surface area contributed by atoms with Crippen molar-refractivity contribution in [2.45, 2.75) is 17.0 Å². The molecule has 0 unspecified atom stereocenters. The van der Waals surface area contributed by atoms with Gasteiger partial charge in [0, 0.05) is 21.5 Å². The summed E-state index contributed by atoms with van der Waals surface area (Å²) in [6.45, 7) is 1.85. The summed E-state index contributed by atoms with van der Waals surface area (Å²) in [6, 6.07) is 7.54. The highest BCUT2D eigenvalue weighted by Gasteiger charge is 2.08. The minimum absolute atomic E-state index is 0.557. The van der Waals surface area contributed by atoms with Gasteiger partial charge in [-0.2, -0.15) is 0 Å². The maximum atomic E-state index is 5.97. The second kappa shape index (κ2) is 6.38. The number of nitrogens with one attached hydrogen (secondary N) is 1. The second-order valence-corrected chi connectivity index (χ2v) is 6.42. The molecule has 1 N–H and O–H groups in total. The Balaban J connectivity index is 1.83. The van der Waals surface area contributed by atoms with Crippen molar-refractivity contribution in [3.05, 3.63) is 46.6 Å². The Labute approximate surface area is 134 Å². The van der Waals surface area contributed by atoms with Crippen LogP contribution >= 0.6 is 34.7 Å². The number of halogens is 1. The van der Waals surface area contributed by atoms with Crippen molar-refractivity contribution in [2.75, 3.05) is 5.32 Å². The minimum atomic E-state index is 0.557. The van der Waals surface area contributed by atoms with E-state index in [2.05, 4.69) is 25.5 Å². The summed E-state index contributed by atoms with van der Waals surface area (Å²) in [5.41, 5.74) is 0.723. The molecular formula is C13H10ClN5S2. The van der Waals surface area contributed by atoms with Crippen LogP contribution in [0.15, 0.2) is 45.9 Å². The van der Waals surface area contributed by atoms with Crippen molar-refractivity contribution in [3.8, 4) is 0 Å². The number of aryl methyl sites for hydroxylation is 1. The molecule has 0 atom stereocenters. The monoisotopic (exact) mass is 335 g/mol. The molecule has 0 fully saturated rings.